The normalized spacial score (nSPS) is 12.5. The van der Waals surface area contributed by atoms with Gasteiger partial charge >= 0.3 is 0 Å². The van der Waals surface area contributed by atoms with Gasteiger partial charge in [-0.2, -0.15) is 0 Å². The fourth-order valence-corrected chi connectivity index (χ4v) is 4.00. The van der Waals surface area contributed by atoms with E-state index in [2.05, 4.69) is 5.32 Å². The molecule has 0 heterocycles. The first-order valence-electron chi connectivity index (χ1n) is 11.0. The van der Waals surface area contributed by atoms with Gasteiger partial charge in [-0.15, -0.1) is 0 Å². The monoisotopic (exact) mass is 437 g/mol. The Bertz CT molecular complexity index is 1170. The Balaban J connectivity index is 1.63. The molecule has 2 N–H and O–H groups in total. The third-order valence-electron chi connectivity index (χ3n) is 5.71. The average Bonchev–Trinajstić information content (AvgIpc) is 2.89. The minimum Gasteiger partial charge on any atom is -0.489 e. The molecule has 4 aromatic rings. The molecule has 4 heteroatoms. The molecule has 4 aromatic carbocycles. The zero-order chi connectivity index (χ0) is 23.0. The van der Waals surface area contributed by atoms with Gasteiger partial charge < -0.3 is 15.2 Å². The van der Waals surface area contributed by atoms with Crippen molar-refractivity contribution in [3.63, 3.8) is 0 Å². The van der Waals surface area contributed by atoms with Crippen LogP contribution in [0.5, 0.6) is 5.75 Å². The van der Waals surface area contributed by atoms with Crippen molar-refractivity contribution >= 4 is 5.91 Å². The molecule has 0 aromatic heterocycles. The van der Waals surface area contributed by atoms with E-state index in [4.69, 9.17) is 4.74 Å². The van der Waals surface area contributed by atoms with Crippen LogP contribution in [-0.4, -0.2) is 18.1 Å². The highest BCUT2D eigenvalue weighted by atomic mass is 16.5. The van der Waals surface area contributed by atoms with E-state index in [0.29, 0.717) is 12.2 Å². The van der Waals surface area contributed by atoms with E-state index < -0.39 is 12.0 Å². The van der Waals surface area contributed by atoms with E-state index in [9.17, 15) is 9.90 Å². The largest absolute Gasteiger partial charge is 0.489 e. The summed E-state index contributed by atoms with van der Waals surface area (Å²) in [5, 5.41) is 14.2. The van der Waals surface area contributed by atoms with Gasteiger partial charge in [-0.1, -0.05) is 91.0 Å². The second kappa shape index (κ2) is 10.6. The lowest BCUT2D eigenvalue weighted by molar-refractivity contribution is 0.0960. The third kappa shape index (κ3) is 5.30. The predicted molar refractivity (Wildman–Crippen MR) is 130 cm³/mol. The van der Waals surface area contributed by atoms with Crippen LogP contribution in [0.15, 0.2) is 109 Å². The van der Waals surface area contributed by atoms with Crippen LogP contribution in [0.2, 0.25) is 0 Å². The number of hydrogen-bond acceptors (Lipinski definition) is 3. The Labute approximate surface area is 194 Å². The van der Waals surface area contributed by atoms with Crippen LogP contribution in [0.3, 0.4) is 0 Å². The topological polar surface area (TPSA) is 58.6 Å². The van der Waals surface area contributed by atoms with Gasteiger partial charge in [0.25, 0.3) is 5.91 Å². The fraction of sp³-hybridized carbons (Fsp3) is 0.138. The molecule has 0 radical (unpaired) electrons. The van der Waals surface area contributed by atoms with Crippen molar-refractivity contribution in [2.45, 2.75) is 18.6 Å². The molecule has 0 fully saturated rings. The summed E-state index contributed by atoms with van der Waals surface area (Å²) in [6, 6.07) is 34.7. The summed E-state index contributed by atoms with van der Waals surface area (Å²) in [5.74, 6) is 0.149. The van der Waals surface area contributed by atoms with Gasteiger partial charge in [-0.05, 0) is 40.5 Å². The number of carbonyl (C=O) groups is 1. The standard InChI is InChI=1S/C29H27NO3/c1-30-29(32)26-15-9-8-14-25(26)27(22-12-6-3-7-13-22)28(31)23-16-18-24(19-17-23)33-20-21-10-4-2-5-11-21/h2-19,27-28,31H,20H2,1H3,(H,30,32)/t27-,28+/m0/s1. The molecule has 0 saturated carbocycles. The maximum Gasteiger partial charge on any atom is 0.251 e. The number of hydrogen-bond donors (Lipinski definition) is 2. The van der Waals surface area contributed by atoms with Gasteiger partial charge in [0.15, 0.2) is 0 Å². The molecule has 166 valence electrons. The smallest absolute Gasteiger partial charge is 0.251 e. The molecule has 33 heavy (non-hydrogen) atoms. The van der Waals surface area contributed by atoms with Crippen LogP contribution in [0.4, 0.5) is 0 Å². The lowest BCUT2D eigenvalue weighted by atomic mass is 9.81. The van der Waals surface area contributed by atoms with E-state index in [1.54, 1.807) is 13.1 Å². The molecule has 1 amide bonds. The first-order chi connectivity index (χ1) is 16.2. The van der Waals surface area contributed by atoms with Gasteiger partial charge in [-0.25, -0.2) is 0 Å². The summed E-state index contributed by atoms with van der Waals surface area (Å²) in [4.78, 5) is 12.6. The molecular formula is C29H27NO3. The van der Waals surface area contributed by atoms with Crippen LogP contribution in [-0.2, 0) is 6.61 Å². The fourth-order valence-electron chi connectivity index (χ4n) is 4.00. The Hall–Kier alpha value is -3.89. The quantitative estimate of drug-likeness (QED) is 0.383. The highest BCUT2D eigenvalue weighted by Gasteiger charge is 2.28. The number of benzene rings is 4. The Morgan fingerprint density at radius 1 is 0.788 bits per heavy atom. The van der Waals surface area contributed by atoms with Crippen molar-refractivity contribution in [1.29, 1.82) is 0 Å². The zero-order valence-electron chi connectivity index (χ0n) is 18.5. The molecule has 0 bridgehead atoms. The molecule has 0 unspecified atom stereocenters. The molecule has 0 aliphatic heterocycles. The third-order valence-corrected chi connectivity index (χ3v) is 5.71. The molecule has 0 aliphatic rings. The Morgan fingerprint density at radius 3 is 2.06 bits per heavy atom. The van der Waals surface area contributed by atoms with Gasteiger partial charge in [-0.3, -0.25) is 4.79 Å². The second-order valence-electron chi connectivity index (χ2n) is 7.84. The van der Waals surface area contributed by atoms with Crippen LogP contribution in [0, 0.1) is 0 Å². The molecule has 0 spiro atoms. The minimum absolute atomic E-state index is 0.177. The summed E-state index contributed by atoms with van der Waals surface area (Å²) < 4.78 is 5.89. The lowest BCUT2D eigenvalue weighted by Crippen LogP contribution is -2.22. The van der Waals surface area contributed by atoms with E-state index in [1.807, 2.05) is 103 Å². The van der Waals surface area contributed by atoms with Crippen molar-refractivity contribution in [3.8, 4) is 5.75 Å². The van der Waals surface area contributed by atoms with Crippen molar-refractivity contribution in [2.75, 3.05) is 7.05 Å². The second-order valence-corrected chi connectivity index (χ2v) is 7.84. The highest BCUT2D eigenvalue weighted by molar-refractivity contribution is 5.95. The van der Waals surface area contributed by atoms with Crippen molar-refractivity contribution in [3.05, 3.63) is 137 Å². The molecule has 4 nitrogen and oxygen atoms in total. The molecule has 0 saturated heterocycles. The van der Waals surface area contributed by atoms with E-state index in [0.717, 1.165) is 28.0 Å². The van der Waals surface area contributed by atoms with Crippen LogP contribution in [0.1, 0.15) is 44.6 Å². The summed E-state index contributed by atoms with van der Waals surface area (Å²) in [6.07, 6.45) is -0.846. The zero-order valence-corrected chi connectivity index (χ0v) is 18.5. The number of amides is 1. The van der Waals surface area contributed by atoms with Gasteiger partial charge in [0.05, 0.1) is 6.10 Å². The van der Waals surface area contributed by atoms with Gasteiger partial charge in [0.2, 0.25) is 0 Å². The predicted octanol–water partition coefficient (Wildman–Crippen LogP) is 5.49. The Morgan fingerprint density at radius 2 is 1.39 bits per heavy atom. The van der Waals surface area contributed by atoms with Crippen LogP contribution in [0.25, 0.3) is 0 Å². The summed E-state index contributed by atoms with van der Waals surface area (Å²) in [6.45, 7) is 0.481. The summed E-state index contributed by atoms with van der Waals surface area (Å²) >= 11 is 0. The van der Waals surface area contributed by atoms with E-state index in [1.165, 1.54) is 0 Å². The first-order valence-corrected chi connectivity index (χ1v) is 11.0. The number of rotatable bonds is 8. The maximum atomic E-state index is 12.6. The maximum absolute atomic E-state index is 12.6. The number of nitrogens with one attached hydrogen (secondary N) is 1. The minimum atomic E-state index is -0.846. The lowest BCUT2D eigenvalue weighted by Gasteiger charge is -2.26. The summed E-state index contributed by atoms with van der Waals surface area (Å²) in [7, 11) is 1.61. The van der Waals surface area contributed by atoms with Gasteiger partial charge in [0, 0.05) is 18.5 Å². The molecule has 4 rings (SSSR count). The highest BCUT2D eigenvalue weighted by Crippen LogP contribution is 2.38. The average molecular weight is 438 g/mol. The first kappa shape index (κ1) is 22.3. The Kier molecular flexibility index (Phi) is 7.18. The van der Waals surface area contributed by atoms with Gasteiger partial charge in [0.1, 0.15) is 12.4 Å². The van der Waals surface area contributed by atoms with Crippen molar-refractivity contribution in [1.82, 2.24) is 5.32 Å². The molecule has 0 aliphatic carbocycles. The van der Waals surface area contributed by atoms with Crippen LogP contribution < -0.4 is 10.1 Å². The van der Waals surface area contributed by atoms with Crippen LogP contribution >= 0.6 is 0 Å². The number of aliphatic hydroxyl groups is 1. The molecule has 2 atom stereocenters. The number of aliphatic hydroxyl groups excluding tert-OH is 1. The van der Waals surface area contributed by atoms with Crippen molar-refractivity contribution in [2.24, 2.45) is 0 Å². The number of carbonyl (C=O) groups excluding carboxylic acids is 1. The number of ether oxygens (including phenoxy) is 1. The van der Waals surface area contributed by atoms with E-state index in [-0.39, 0.29) is 5.91 Å². The van der Waals surface area contributed by atoms with Crippen molar-refractivity contribution < 1.29 is 14.6 Å². The summed E-state index contributed by atoms with van der Waals surface area (Å²) in [5.41, 5.74) is 4.11. The SMILES string of the molecule is CNC(=O)c1ccccc1[C@H](c1ccccc1)[C@H](O)c1ccc(OCc2ccccc2)cc1. The molecular weight excluding hydrogens is 410 g/mol. The van der Waals surface area contributed by atoms with E-state index >= 15 is 0 Å².